The van der Waals surface area contributed by atoms with Gasteiger partial charge in [-0.1, -0.05) is 25.5 Å². The van der Waals surface area contributed by atoms with E-state index in [1.807, 2.05) is 6.92 Å². The molecule has 1 aliphatic rings. The normalized spacial score (nSPS) is 13.9. The molecule has 1 aromatic carbocycles. The van der Waals surface area contributed by atoms with Crippen molar-refractivity contribution in [2.45, 2.75) is 25.9 Å². The van der Waals surface area contributed by atoms with Crippen LogP contribution in [0.2, 0.25) is 0 Å². The number of rotatable bonds is 6. The summed E-state index contributed by atoms with van der Waals surface area (Å²) >= 11 is 0. The first-order valence-electron chi connectivity index (χ1n) is 9.94. The minimum Gasteiger partial charge on any atom is -0.352 e. The SMILES string of the molecule is CCCCNC(=O)c1ccc(N2C=CCN(C(=O)c3ccccc3C(F)(F)F)C2)nc1. The van der Waals surface area contributed by atoms with Crippen LogP contribution >= 0.6 is 0 Å². The predicted molar refractivity (Wildman–Crippen MR) is 110 cm³/mol. The predicted octanol–water partition coefficient (Wildman–Crippen LogP) is 4.06. The molecule has 0 fully saturated rings. The van der Waals surface area contributed by atoms with Gasteiger partial charge in [-0.3, -0.25) is 9.59 Å². The minimum atomic E-state index is -4.62. The highest BCUT2D eigenvalue weighted by Crippen LogP contribution is 2.32. The zero-order valence-corrected chi connectivity index (χ0v) is 17.0. The number of alkyl halides is 3. The lowest BCUT2D eigenvalue weighted by atomic mass is 10.1. The number of anilines is 1. The number of carbonyl (C=O) groups excluding carboxylic acids is 2. The van der Waals surface area contributed by atoms with Crippen molar-refractivity contribution in [2.75, 3.05) is 24.7 Å². The maximum absolute atomic E-state index is 13.3. The van der Waals surface area contributed by atoms with Crippen molar-refractivity contribution in [3.63, 3.8) is 0 Å². The molecule has 0 radical (unpaired) electrons. The molecule has 1 aromatic heterocycles. The van der Waals surface area contributed by atoms with Gasteiger partial charge < -0.3 is 15.1 Å². The lowest BCUT2D eigenvalue weighted by molar-refractivity contribution is -0.138. The van der Waals surface area contributed by atoms with Crippen molar-refractivity contribution in [3.8, 4) is 0 Å². The Labute approximate surface area is 178 Å². The van der Waals surface area contributed by atoms with Crippen molar-refractivity contribution in [2.24, 2.45) is 0 Å². The Kier molecular flexibility index (Phi) is 6.94. The van der Waals surface area contributed by atoms with E-state index in [1.54, 1.807) is 29.3 Å². The van der Waals surface area contributed by atoms with Crippen molar-refractivity contribution in [1.82, 2.24) is 15.2 Å². The molecule has 0 saturated carbocycles. The van der Waals surface area contributed by atoms with Crippen LogP contribution in [0.15, 0.2) is 54.9 Å². The van der Waals surface area contributed by atoms with Crippen LogP contribution in [0.4, 0.5) is 19.0 Å². The number of nitrogens with one attached hydrogen (secondary N) is 1. The third kappa shape index (κ3) is 5.42. The molecule has 2 amide bonds. The fourth-order valence-electron chi connectivity index (χ4n) is 3.14. The Hall–Kier alpha value is -3.36. The average molecular weight is 432 g/mol. The summed E-state index contributed by atoms with van der Waals surface area (Å²) < 4.78 is 39.8. The maximum Gasteiger partial charge on any atom is 0.417 e. The van der Waals surface area contributed by atoms with Gasteiger partial charge in [0.15, 0.2) is 0 Å². The van der Waals surface area contributed by atoms with E-state index in [0.29, 0.717) is 17.9 Å². The molecule has 1 N–H and O–H groups in total. The number of pyridine rings is 1. The van der Waals surface area contributed by atoms with Crippen molar-refractivity contribution < 1.29 is 22.8 Å². The molecule has 3 rings (SSSR count). The maximum atomic E-state index is 13.3. The number of aromatic nitrogens is 1. The summed E-state index contributed by atoms with van der Waals surface area (Å²) in [7, 11) is 0. The molecule has 0 atom stereocenters. The number of unbranched alkanes of at least 4 members (excludes halogenated alkanes) is 1. The number of nitrogens with zero attached hydrogens (tertiary/aromatic N) is 3. The van der Waals surface area contributed by atoms with Gasteiger partial charge in [0, 0.05) is 25.5 Å². The van der Waals surface area contributed by atoms with Crippen molar-refractivity contribution >= 4 is 17.6 Å². The average Bonchev–Trinajstić information content (AvgIpc) is 2.78. The number of halogens is 3. The first kappa shape index (κ1) is 22.3. The zero-order valence-electron chi connectivity index (χ0n) is 17.0. The molecular formula is C22H23F3N4O2. The van der Waals surface area contributed by atoms with Crippen LogP contribution in [-0.2, 0) is 6.18 Å². The molecule has 0 bridgehead atoms. The van der Waals surface area contributed by atoms with Gasteiger partial charge in [-0.15, -0.1) is 0 Å². The summed E-state index contributed by atoms with van der Waals surface area (Å²) in [4.78, 5) is 32.1. The quantitative estimate of drug-likeness (QED) is 0.699. The minimum absolute atomic E-state index is 0.0383. The highest BCUT2D eigenvalue weighted by atomic mass is 19.4. The van der Waals surface area contributed by atoms with Gasteiger partial charge in [0.05, 0.1) is 23.4 Å². The van der Waals surface area contributed by atoms with Gasteiger partial charge in [-0.2, -0.15) is 13.2 Å². The summed E-state index contributed by atoms with van der Waals surface area (Å²) in [5, 5.41) is 2.81. The van der Waals surface area contributed by atoms with Crippen LogP contribution in [0.3, 0.4) is 0 Å². The summed E-state index contributed by atoms with van der Waals surface area (Å²) in [6, 6.07) is 8.00. The molecule has 2 aromatic rings. The van der Waals surface area contributed by atoms with E-state index in [-0.39, 0.29) is 19.1 Å². The highest BCUT2D eigenvalue weighted by molar-refractivity contribution is 5.96. The zero-order chi connectivity index (χ0) is 22.4. The lowest BCUT2D eigenvalue weighted by Gasteiger charge is -2.32. The molecule has 0 spiro atoms. The van der Waals surface area contributed by atoms with E-state index in [9.17, 15) is 22.8 Å². The van der Waals surface area contributed by atoms with E-state index < -0.39 is 23.2 Å². The van der Waals surface area contributed by atoms with E-state index in [0.717, 1.165) is 18.9 Å². The van der Waals surface area contributed by atoms with Crippen LogP contribution in [0.1, 0.15) is 46.0 Å². The van der Waals surface area contributed by atoms with E-state index >= 15 is 0 Å². The van der Waals surface area contributed by atoms with E-state index in [1.165, 1.54) is 29.3 Å². The van der Waals surface area contributed by atoms with Gasteiger partial charge >= 0.3 is 6.18 Å². The van der Waals surface area contributed by atoms with Crippen LogP contribution in [0.5, 0.6) is 0 Å². The topological polar surface area (TPSA) is 65.5 Å². The Morgan fingerprint density at radius 1 is 1.16 bits per heavy atom. The summed E-state index contributed by atoms with van der Waals surface area (Å²) in [6.07, 6.45) is 2.06. The number of hydrogen-bond donors (Lipinski definition) is 1. The van der Waals surface area contributed by atoms with Gasteiger partial charge in [-0.25, -0.2) is 4.98 Å². The van der Waals surface area contributed by atoms with Gasteiger partial charge in [-0.05, 0) is 36.8 Å². The van der Waals surface area contributed by atoms with E-state index in [2.05, 4.69) is 10.3 Å². The second-order valence-electron chi connectivity index (χ2n) is 7.08. The summed E-state index contributed by atoms with van der Waals surface area (Å²) in [5.74, 6) is -0.459. The fraction of sp³-hybridized carbons (Fsp3) is 0.318. The summed E-state index contributed by atoms with van der Waals surface area (Å²) in [6.45, 7) is 2.84. The highest BCUT2D eigenvalue weighted by Gasteiger charge is 2.36. The largest absolute Gasteiger partial charge is 0.417 e. The van der Waals surface area contributed by atoms with Gasteiger partial charge in [0.1, 0.15) is 5.82 Å². The lowest BCUT2D eigenvalue weighted by Crippen LogP contribution is -2.43. The van der Waals surface area contributed by atoms with E-state index in [4.69, 9.17) is 0 Å². The van der Waals surface area contributed by atoms with Gasteiger partial charge in [0.25, 0.3) is 11.8 Å². The van der Waals surface area contributed by atoms with Crippen molar-refractivity contribution in [1.29, 1.82) is 0 Å². The number of amides is 2. The van der Waals surface area contributed by atoms with Crippen molar-refractivity contribution in [3.05, 3.63) is 71.6 Å². The smallest absolute Gasteiger partial charge is 0.352 e. The number of carbonyl (C=O) groups is 2. The standard InChI is InChI=1S/C22H23F3N4O2/c1-2-3-11-26-20(30)16-9-10-19(27-14-16)28-12-6-13-29(15-28)21(31)17-7-4-5-8-18(17)22(23,24)25/h4-10,12,14H,2-3,11,13,15H2,1H3,(H,26,30). The van der Waals surface area contributed by atoms with Crippen LogP contribution < -0.4 is 10.2 Å². The second kappa shape index (κ2) is 9.63. The first-order chi connectivity index (χ1) is 14.8. The molecule has 164 valence electrons. The third-order valence-corrected chi connectivity index (χ3v) is 4.80. The second-order valence-corrected chi connectivity index (χ2v) is 7.08. The molecule has 31 heavy (non-hydrogen) atoms. The molecule has 0 aliphatic carbocycles. The fourth-order valence-corrected chi connectivity index (χ4v) is 3.14. The number of hydrogen-bond acceptors (Lipinski definition) is 4. The summed E-state index contributed by atoms with van der Waals surface area (Å²) in [5.41, 5.74) is -0.942. The molecule has 0 saturated heterocycles. The Bertz CT molecular complexity index is 958. The Balaban J connectivity index is 1.71. The molecule has 9 heteroatoms. The molecule has 0 unspecified atom stereocenters. The third-order valence-electron chi connectivity index (χ3n) is 4.80. The number of benzene rings is 1. The first-order valence-corrected chi connectivity index (χ1v) is 9.94. The van der Waals surface area contributed by atoms with Crippen LogP contribution in [0, 0.1) is 0 Å². The van der Waals surface area contributed by atoms with Crippen LogP contribution in [0.25, 0.3) is 0 Å². The molecular weight excluding hydrogens is 409 g/mol. The molecule has 1 aliphatic heterocycles. The Morgan fingerprint density at radius 2 is 1.94 bits per heavy atom. The Morgan fingerprint density at radius 3 is 2.61 bits per heavy atom. The molecule has 6 nitrogen and oxygen atoms in total. The monoisotopic (exact) mass is 432 g/mol. The molecule has 2 heterocycles. The van der Waals surface area contributed by atoms with Crippen LogP contribution in [-0.4, -0.2) is 41.5 Å². The van der Waals surface area contributed by atoms with Gasteiger partial charge in [0.2, 0.25) is 0 Å².